The van der Waals surface area contributed by atoms with Crippen LogP contribution in [0.5, 0.6) is 11.5 Å². The van der Waals surface area contributed by atoms with Gasteiger partial charge in [-0.1, -0.05) is 11.6 Å². The van der Waals surface area contributed by atoms with Crippen LogP contribution in [-0.4, -0.2) is 29.9 Å². The Morgan fingerprint density at radius 2 is 1.93 bits per heavy atom. The maximum absolute atomic E-state index is 12.1. The quantitative estimate of drug-likeness (QED) is 0.614. The van der Waals surface area contributed by atoms with Gasteiger partial charge in [-0.15, -0.1) is 0 Å². The standard InChI is InChI=1S/C21H20ClN3O3/c1-27-19-7-5-18(6-8-19)25-12-11-17(24-25)14-23-21(26)10-3-15-13-16(22)4-9-20(15)28-2/h3-13H,14H2,1-2H3,(H,23,26). The summed E-state index contributed by atoms with van der Waals surface area (Å²) >= 11 is 5.99. The summed E-state index contributed by atoms with van der Waals surface area (Å²) in [7, 11) is 3.19. The lowest BCUT2D eigenvalue weighted by atomic mass is 10.2. The molecule has 0 bridgehead atoms. The highest BCUT2D eigenvalue weighted by Crippen LogP contribution is 2.23. The number of hydrogen-bond acceptors (Lipinski definition) is 4. The number of methoxy groups -OCH3 is 2. The Labute approximate surface area is 168 Å². The summed E-state index contributed by atoms with van der Waals surface area (Å²) in [5, 5.41) is 7.85. The number of aromatic nitrogens is 2. The summed E-state index contributed by atoms with van der Waals surface area (Å²) in [4.78, 5) is 12.1. The van der Waals surface area contributed by atoms with E-state index in [1.165, 1.54) is 6.08 Å². The number of halogens is 1. The Kier molecular flexibility index (Phi) is 6.34. The minimum absolute atomic E-state index is 0.235. The number of carbonyl (C=O) groups is 1. The third kappa shape index (κ3) is 4.92. The number of hydrogen-bond donors (Lipinski definition) is 1. The molecule has 0 fully saturated rings. The number of rotatable bonds is 7. The van der Waals surface area contributed by atoms with Gasteiger partial charge in [0.1, 0.15) is 11.5 Å². The molecule has 2 aromatic carbocycles. The van der Waals surface area contributed by atoms with E-state index in [2.05, 4.69) is 10.4 Å². The van der Waals surface area contributed by atoms with Gasteiger partial charge in [0.15, 0.2) is 0 Å². The zero-order chi connectivity index (χ0) is 19.9. The molecule has 6 nitrogen and oxygen atoms in total. The summed E-state index contributed by atoms with van der Waals surface area (Å²) < 4.78 is 12.2. The van der Waals surface area contributed by atoms with Gasteiger partial charge in [-0.3, -0.25) is 4.79 Å². The van der Waals surface area contributed by atoms with Gasteiger partial charge in [-0.2, -0.15) is 5.10 Å². The fraction of sp³-hybridized carbons (Fsp3) is 0.143. The lowest BCUT2D eigenvalue weighted by Crippen LogP contribution is -2.20. The Morgan fingerprint density at radius 1 is 1.14 bits per heavy atom. The first-order valence-electron chi connectivity index (χ1n) is 8.57. The van der Waals surface area contributed by atoms with E-state index in [-0.39, 0.29) is 5.91 Å². The highest BCUT2D eigenvalue weighted by Gasteiger charge is 2.05. The number of nitrogens with one attached hydrogen (secondary N) is 1. The molecule has 1 N–H and O–H groups in total. The van der Waals surface area contributed by atoms with E-state index in [1.807, 2.05) is 36.5 Å². The first-order chi connectivity index (χ1) is 13.6. The lowest BCUT2D eigenvalue weighted by Gasteiger charge is -2.05. The van der Waals surface area contributed by atoms with Crippen molar-refractivity contribution in [3.8, 4) is 17.2 Å². The molecule has 0 aliphatic rings. The van der Waals surface area contributed by atoms with E-state index in [0.717, 1.165) is 22.7 Å². The van der Waals surface area contributed by atoms with Crippen LogP contribution >= 0.6 is 11.6 Å². The average Bonchev–Trinajstić information content (AvgIpc) is 3.20. The van der Waals surface area contributed by atoms with Crippen molar-refractivity contribution >= 4 is 23.6 Å². The van der Waals surface area contributed by atoms with Gasteiger partial charge >= 0.3 is 0 Å². The Hall–Kier alpha value is -3.25. The summed E-state index contributed by atoms with van der Waals surface area (Å²) in [6.07, 6.45) is 4.95. The topological polar surface area (TPSA) is 65.4 Å². The molecule has 7 heteroatoms. The van der Waals surface area contributed by atoms with Crippen LogP contribution in [0.3, 0.4) is 0 Å². The molecule has 0 aliphatic heterocycles. The van der Waals surface area contributed by atoms with Crippen molar-refractivity contribution in [2.45, 2.75) is 6.54 Å². The predicted octanol–water partition coefficient (Wildman–Crippen LogP) is 3.87. The molecule has 0 spiro atoms. The summed E-state index contributed by atoms with van der Waals surface area (Å²) in [5.41, 5.74) is 2.39. The van der Waals surface area contributed by atoms with Gasteiger partial charge in [-0.25, -0.2) is 4.68 Å². The highest BCUT2D eigenvalue weighted by atomic mass is 35.5. The van der Waals surface area contributed by atoms with Gasteiger partial charge in [0.05, 0.1) is 32.1 Å². The fourth-order valence-corrected chi connectivity index (χ4v) is 2.75. The SMILES string of the molecule is COc1ccc(-n2ccc(CNC(=O)C=Cc3cc(Cl)ccc3OC)n2)cc1. The monoisotopic (exact) mass is 397 g/mol. The van der Waals surface area contributed by atoms with Gasteiger partial charge < -0.3 is 14.8 Å². The highest BCUT2D eigenvalue weighted by molar-refractivity contribution is 6.30. The lowest BCUT2D eigenvalue weighted by molar-refractivity contribution is -0.116. The minimum atomic E-state index is -0.235. The Bertz CT molecular complexity index is 981. The van der Waals surface area contributed by atoms with Crippen molar-refractivity contribution in [2.24, 2.45) is 0 Å². The molecule has 3 rings (SSSR count). The molecule has 0 unspecified atom stereocenters. The van der Waals surface area contributed by atoms with Crippen LogP contribution in [0.2, 0.25) is 5.02 Å². The molecule has 0 saturated heterocycles. The van der Waals surface area contributed by atoms with Gasteiger partial charge in [-0.05, 0) is 54.6 Å². The summed E-state index contributed by atoms with van der Waals surface area (Å²) in [6, 6.07) is 14.6. The van der Waals surface area contributed by atoms with E-state index < -0.39 is 0 Å². The molecule has 3 aromatic rings. The summed E-state index contributed by atoms with van der Waals surface area (Å²) in [6.45, 7) is 0.318. The van der Waals surface area contributed by atoms with Crippen LogP contribution in [0.1, 0.15) is 11.3 Å². The van der Waals surface area contributed by atoms with Crippen molar-refractivity contribution in [2.75, 3.05) is 14.2 Å². The van der Waals surface area contributed by atoms with Crippen LogP contribution in [0, 0.1) is 0 Å². The number of amides is 1. The Morgan fingerprint density at radius 3 is 2.64 bits per heavy atom. The molecule has 0 aliphatic carbocycles. The maximum atomic E-state index is 12.1. The third-order valence-electron chi connectivity index (χ3n) is 4.03. The fourth-order valence-electron chi connectivity index (χ4n) is 2.57. The molecule has 0 saturated carbocycles. The van der Waals surface area contributed by atoms with E-state index in [4.69, 9.17) is 21.1 Å². The van der Waals surface area contributed by atoms with Crippen LogP contribution in [-0.2, 0) is 11.3 Å². The second-order valence-electron chi connectivity index (χ2n) is 5.89. The van der Waals surface area contributed by atoms with Gasteiger partial charge in [0, 0.05) is 22.9 Å². The van der Waals surface area contributed by atoms with E-state index >= 15 is 0 Å². The first kappa shape index (κ1) is 19.5. The molecule has 144 valence electrons. The number of ether oxygens (including phenoxy) is 2. The second kappa shape index (κ2) is 9.10. The van der Waals surface area contributed by atoms with Crippen molar-refractivity contribution in [3.05, 3.63) is 77.1 Å². The average molecular weight is 398 g/mol. The third-order valence-corrected chi connectivity index (χ3v) is 4.27. The van der Waals surface area contributed by atoms with E-state index in [0.29, 0.717) is 17.3 Å². The van der Waals surface area contributed by atoms with Gasteiger partial charge in [0.25, 0.3) is 0 Å². The molecule has 0 atom stereocenters. The zero-order valence-electron chi connectivity index (χ0n) is 15.6. The van der Waals surface area contributed by atoms with E-state index in [9.17, 15) is 4.79 Å². The molecule has 1 aromatic heterocycles. The normalized spacial score (nSPS) is 10.8. The Balaban J connectivity index is 1.59. The van der Waals surface area contributed by atoms with E-state index in [1.54, 1.807) is 43.2 Å². The largest absolute Gasteiger partial charge is 0.497 e. The van der Waals surface area contributed by atoms with Crippen molar-refractivity contribution in [1.82, 2.24) is 15.1 Å². The number of benzene rings is 2. The van der Waals surface area contributed by atoms with Crippen LogP contribution in [0.25, 0.3) is 11.8 Å². The van der Waals surface area contributed by atoms with Crippen molar-refractivity contribution < 1.29 is 14.3 Å². The number of carbonyl (C=O) groups excluding carboxylic acids is 1. The predicted molar refractivity (Wildman–Crippen MR) is 109 cm³/mol. The zero-order valence-corrected chi connectivity index (χ0v) is 16.3. The van der Waals surface area contributed by atoms with Crippen molar-refractivity contribution in [3.63, 3.8) is 0 Å². The number of nitrogens with zero attached hydrogens (tertiary/aromatic N) is 2. The molecule has 0 radical (unpaired) electrons. The second-order valence-corrected chi connectivity index (χ2v) is 6.32. The van der Waals surface area contributed by atoms with Crippen LogP contribution < -0.4 is 14.8 Å². The van der Waals surface area contributed by atoms with Crippen LogP contribution in [0.4, 0.5) is 0 Å². The maximum Gasteiger partial charge on any atom is 0.244 e. The molecule has 1 heterocycles. The van der Waals surface area contributed by atoms with Crippen LogP contribution in [0.15, 0.2) is 60.8 Å². The van der Waals surface area contributed by atoms with Crippen molar-refractivity contribution in [1.29, 1.82) is 0 Å². The molecular formula is C21H20ClN3O3. The van der Waals surface area contributed by atoms with Gasteiger partial charge in [0.2, 0.25) is 5.91 Å². The minimum Gasteiger partial charge on any atom is -0.497 e. The molecule has 1 amide bonds. The molecule has 28 heavy (non-hydrogen) atoms. The summed E-state index contributed by atoms with van der Waals surface area (Å²) in [5.74, 6) is 1.19. The first-order valence-corrected chi connectivity index (χ1v) is 8.95. The smallest absolute Gasteiger partial charge is 0.244 e. The molecular weight excluding hydrogens is 378 g/mol.